The van der Waals surface area contributed by atoms with Gasteiger partial charge in [0, 0.05) is 6.42 Å². The lowest BCUT2D eigenvalue weighted by Gasteiger charge is -2.31. The zero-order valence-electron chi connectivity index (χ0n) is 10.3. The maximum atomic E-state index is 6.16. The summed E-state index contributed by atoms with van der Waals surface area (Å²) in [6, 6.07) is 9.92. The Kier molecular flexibility index (Phi) is 4.83. The van der Waals surface area contributed by atoms with Gasteiger partial charge in [-0.1, -0.05) is 24.6 Å². The Labute approximate surface area is 104 Å². The summed E-state index contributed by atoms with van der Waals surface area (Å²) in [5.41, 5.74) is 6.16. The molecule has 94 valence electrons. The van der Waals surface area contributed by atoms with Crippen LogP contribution in [0.4, 0.5) is 0 Å². The fourth-order valence-electron chi connectivity index (χ4n) is 2.25. The average Bonchev–Trinajstić information content (AvgIpc) is 2.41. The van der Waals surface area contributed by atoms with E-state index in [1.165, 1.54) is 19.3 Å². The number of nitrogens with two attached hydrogens (primary N) is 1. The topological polar surface area (TPSA) is 38.5 Å². The van der Waals surface area contributed by atoms with Gasteiger partial charge < -0.3 is 10.5 Å². The summed E-state index contributed by atoms with van der Waals surface area (Å²) in [6.07, 6.45) is 4.97. The molecule has 0 aromatic heterocycles. The van der Waals surface area contributed by atoms with Gasteiger partial charge in [0.25, 0.3) is 0 Å². The van der Waals surface area contributed by atoms with E-state index < -0.39 is 0 Å². The molecule has 3 heteroatoms. The predicted octanol–water partition coefficient (Wildman–Crippen LogP) is 2.23. The summed E-state index contributed by atoms with van der Waals surface area (Å²) >= 11 is 0. The molecule has 1 aliphatic rings. The lowest BCUT2D eigenvalue weighted by molar-refractivity contribution is 0.141. The van der Waals surface area contributed by atoms with E-state index in [1.807, 2.05) is 30.3 Å². The van der Waals surface area contributed by atoms with E-state index in [0.717, 1.165) is 25.3 Å². The molecule has 1 aliphatic heterocycles. The van der Waals surface area contributed by atoms with Crippen LogP contribution in [0, 0.1) is 0 Å². The van der Waals surface area contributed by atoms with Gasteiger partial charge in [-0.3, -0.25) is 4.90 Å². The minimum absolute atomic E-state index is 0.152. The Bertz CT molecular complexity index is 309. The molecule has 0 saturated carbocycles. The highest BCUT2D eigenvalue weighted by atomic mass is 16.5. The van der Waals surface area contributed by atoms with E-state index in [4.69, 9.17) is 10.5 Å². The molecule has 2 rings (SSSR count). The fraction of sp³-hybridized carbons (Fsp3) is 0.571. The maximum Gasteiger partial charge on any atom is 0.119 e. The van der Waals surface area contributed by atoms with Crippen molar-refractivity contribution in [2.75, 3.05) is 19.7 Å². The first-order valence-corrected chi connectivity index (χ1v) is 6.54. The Morgan fingerprint density at radius 1 is 1.12 bits per heavy atom. The van der Waals surface area contributed by atoms with Gasteiger partial charge in [-0.2, -0.15) is 0 Å². The molecular weight excluding hydrogens is 212 g/mol. The minimum Gasteiger partial charge on any atom is -0.493 e. The normalized spacial score (nSPS) is 18.9. The SMILES string of the molecule is NC(CCOc1ccccc1)N1CCCCC1. The Morgan fingerprint density at radius 3 is 2.53 bits per heavy atom. The van der Waals surface area contributed by atoms with Crippen LogP contribution in [-0.2, 0) is 0 Å². The van der Waals surface area contributed by atoms with Gasteiger partial charge >= 0.3 is 0 Å². The molecule has 0 spiro atoms. The van der Waals surface area contributed by atoms with Gasteiger partial charge in [-0.25, -0.2) is 0 Å². The number of hydrogen-bond acceptors (Lipinski definition) is 3. The highest BCUT2D eigenvalue weighted by Gasteiger charge is 2.16. The number of para-hydroxylation sites is 1. The Hall–Kier alpha value is -1.06. The number of hydrogen-bond donors (Lipinski definition) is 1. The summed E-state index contributed by atoms with van der Waals surface area (Å²) in [7, 11) is 0. The van der Waals surface area contributed by atoms with Crippen LogP contribution in [-0.4, -0.2) is 30.8 Å². The number of benzene rings is 1. The van der Waals surface area contributed by atoms with Gasteiger partial charge in [-0.05, 0) is 38.1 Å². The minimum atomic E-state index is 0.152. The van der Waals surface area contributed by atoms with Crippen LogP contribution in [0.1, 0.15) is 25.7 Å². The highest BCUT2D eigenvalue weighted by Crippen LogP contribution is 2.13. The van der Waals surface area contributed by atoms with Crippen LogP contribution in [0.25, 0.3) is 0 Å². The molecule has 0 bridgehead atoms. The number of nitrogens with zero attached hydrogens (tertiary/aromatic N) is 1. The highest BCUT2D eigenvalue weighted by molar-refractivity contribution is 5.20. The summed E-state index contributed by atoms with van der Waals surface area (Å²) in [6.45, 7) is 2.99. The van der Waals surface area contributed by atoms with E-state index in [1.54, 1.807) is 0 Å². The van der Waals surface area contributed by atoms with Crippen LogP contribution in [0.3, 0.4) is 0 Å². The molecule has 1 saturated heterocycles. The summed E-state index contributed by atoms with van der Waals surface area (Å²) in [5.74, 6) is 0.929. The zero-order chi connectivity index (χ0) is 11.9. The van der Waals surface area contributed by atoms with Gasteiger partial charge in [0.15, 0.2) is 0 Å². The second-order valence-electron chi connectivity index (χ2n) is 4.61. The van der Waals surface area contributed by atoms with Gasteiger partial charge in [0.1, 0.15) is 5.75 Å². The number of piperidine rings is 1. The van der Waals surface area contributed by atoms with Crippen molar-refractivity contribution in [1.29, 1.82) is 0 Å². The van der Waals surface area contributed by atoms with E-state index >= 15 is 0 Å². The van der Waals surface area contributed by atoms with Crippen LogP contribution >= 0.6 is 0 Å². The van der Waals surface area contributed by atoms with Crippen molar-refractivity contribution < 1.29 is 4.74 Å². The largest absolute Gasteiger partial charge is 0.493 e. The number of rotatable bonds is 5. The second kappa shape index (κ2) is 6.62. The van der Waals surface area contributed by atoms with Crippen LogP contribution in [0.15, 0.2) is 30.3 Å². The van der Waals surface area contributed by atoms with Crippen molar-refractivity contribution in [1.82, 2.24) is 4.90 Å². The van der Waals surface area contributed by atoms with Crippen molar-refractivity contribution >= 4 is 0 Å². The Balaban J connectivity index is 1.67. The molecule has 17 heavy (non-hydrogen) atoms. The van der Waals surface area contributed by atoms with E-state index in [2.05, 4.69) is 4.90 Å². The smallest absolute Gasteiger partial charge is 0.119 e. The third-order valence-electron chi connectivity index (χ3n) is 3.29. The molecule has 0 radical (unpaired) electrons. The van der Waals surface area contributed by atoms with Crippen molar-refractivity contribution in [3.63, 3.8) is 0 Å². The van der Waals surface area contributed by atoms with Crippen LogP contribution < -0.4 is 10.5 Å². The second-order valence-corrected chi connectivity index (χ2v) is 4.61. The third-order valence-corrected chi connectivity index (χ3v) is 3.29. The number of ether oxygens (including phenoxy) is 1. The summed E-state index contributed by atoms with van der Waals surface area (Å²) < 4.78 is 5.66. The summed E-state index contributed by atoms with van der Waals surface area (Å²) in [5, 5.41) is 0. The van der Waals surface area contributed by atoms with Crippen LogP contribution in [0.5, 0.6) is 5.75 Å². The molecule has 1 atom stereocenters. The van der Waals surface area contributed by atoms with Crippen molar-refractivity contribution in [2.24, 2.45) is 5.73 Å². The first-order chi connectivity index (χ1) is 8.36. The molecular formula is C14H22N2O. The molecule has 0 aliphatic carbocycles. The number of likely N-dealkylation sites (tertiary alicyclic amines) is 1. The summed E-state index contributed by atoms with van der Waals surface area (Å²) in [4.78, 5) is 2.37. The first kappa shape index (κ1) is 12.4. The molecule has 3 nitrogen and oxygen atoms in total. The lowest BCUT2D eigenvalue weighted by atomic mass is 10.1. The fourth-order valence-corrected chi connectivity index (χ4v) is 2.25. The van der Waals surface area contributed by atoms with Crippen molar-refractivity contribution in [2.45, 2.75) is 31.8 Å². The van der Waals surface area contributed by atoms with E-state index in [9.17, 15) is 0 Å². The zero-order valence-corrected chi connectivity index (χ0v) is 10.3. The third kappa shape index (κ3) is 4.02. The quantitative estimate of drug-likeness (QED) is 0.849. The van der Waals surface area contributed by atoms with Gasteiger partial charge in [0.05, 0.1) is 12.8 Å². The average molecular weight is 234 g/mol. The van der Waals surface area contributed by atoms with Crippen LogP contribution in [0.2, 0.25) is 0 Å². The van der Waals surface area contributed by atoms with Gasteiger partial charge in [0.2, 0.25) is 0 Å². The standard InChI is InChI=1S/C14H22N2O/c15-14(16-10-5-2-6-11-16)9-12-17-13-7-3-1-4-8-13/h1,3-4,7-8,14H,2,5-6,9-12,15H2. The molecule has 1 heterocycles. The molecule has 1 aromatic rings. The molecule has 1 unspecified atom stereocenters. The molecule has 1 aromatic carbocycles. The van der Waals surface area contributed by atoms with Crippen molar-refractivity contribution in [3.05, 3.63) is 30.3 Å². The lowest BCUT2D eigenvalue weighted by Crippen LogP contribution is -2.45. The molecule has 1 fully saturated rings. The van der Waals surface area contributed by atoms with E-state index in [0.29, 0.717) is 6.61 Å². The van der Waals surface area contributed by atoms with Crippen molar-refractivity contribution in [3.8, 4) is 5.75 Å². The molecule has 0 amide bonds. The Morgan fingerprint density at radius 2 is 1.82 bits per heavy atom. The van der Waals surface area contributed by atoms with E-state index in [-0.39, 0.29) is 6.17 Å². The monoisotopic (exact) mass is 234 g/mol. The predicted molar refractivity (Wildman–Crippen MR) is 70.0 cm³/mol. The van der Waals surface area contributed by atoms with Gasteiger partial charge in [-0.15, -0.1) is 0 Å². The molecule has 2 N–H and O–H groups in total. The maximum absolute atomic E-state index is 6.16. The first-order valence-electron chi connectivity index (χ1n) is 6.54.